The summed E-state index contributed by atoms with van der Waals surface area (Å²) in [4.78, 5) is 14.1. The van der Waals surface area contributed by atoms with E-state index < -0.39 is 5.24 Å². The molecule has 0 aliphatic heterocycles. The van der Waals surface area contributed by atoms with Gasteiger partial charge in [-0.05, 0) is 11.6 Å². The predicted molar refractivity (Wildman–Crippen MR) is 31.2 cm³/mol. The third-order valence-corrected chi connectivity index (χ3v) is 0.850. The predicted octanol–water partition coefficient (Wildman–Crippen LogP) is 0.951. The number of carbonyl (C=O) groups excluding carboxylic acids is 1. The van der Waals surface area contributed by atoms with Crippen molar-refractivity contribution in [3.8, 4) is 0 Å². The summed E-state index contributed by atoms with van der Waals surface area (Å²) in [6.45, 7) is 0. The Balaban J connectivity index is 3.80. The Morgan fingerprint density at radius 3 is 2.25 bits per heavy atom. The lowest BCUT2D eigenvalue weighted by molar-refractivity contribution is -0.106. The number of hydrogen-bond donors (Lipinski definition) is 0. The lowest BCUT2D eigenvalue weighted by Crippen LogP contribution is -1.97. The molecule has 0 bridgehead atoms. The SMILES string of the molecule is CON=C(Cl)C(=O)Cl. The molecule has 0 saturated carbocycles. The van der Waals surface area contributed by atoms with Crippen molar-refractivity contribution in [2.75, 3.05) is 7.11 Å². The van der Waals surface area contributed by atoms with Gasteiger partial charge in [-0.25, -0.2) is 0 Å². The Bertz CT molecular complexity index is 122. The minimum Gasteiger partial charge on any atom is -0.398 e. The molecule has 0 aromatic rings. The van der Waals surface area contributed by atoms with E-state index in [0.717, 1.165) is 0 Å². The van der Waals surface area contributed by atoms with Crippen molar-refractivity contribution in [2.24, 2.45) is 5.16 Å². The fraction of sp³-hybridized carbons (Fsp3) is 0.333. The number of hydrogen-bond acceptors (Lipinski definition) is 3. The van der Waals surface area contributed by atoms with Gasteiger partial charge in [0.15, 0.2) is 0 Å². The highest BCUT2D eigenvalue weighted by Gasteiger charge is 2.02. The van der Waals surface area contributed by atoms with Crippen LogP contribution in [0.15, 0.2) is 5.16 Å². The van der Waals surface area contributed by atoms with Crippen LogP contribution in [0.4, 0.5) is 0 Å². The van der Waals surface area contributed by atoms with E-state index in [1.807, 2.05) is 0 Å². The van der Waals surface area contributed by atoms with Crippen LogP contribution >= 0.6 is 23.2 Å². The standard InChI is InChI=1S/C3H3Cl2NO2/c1-8-6-2(4)3(5)7/h1H3. The molecule has 0 amide bonds. The highest BCUT2D eigenvalue weighted by Crippen LogP contribution is 1.91. The largest absolute Gasteiger partial charge is 0.398 e. The molecule has 3 nitrogen and oxygen atoms in total. The molecule has 0 N–H and O–H groups in total. The zero-order valence-corrected chi connectivity index (χ0v) is 5.53. The summed E-state index contributed by atoms with van der Waals surface area (Å²) >= 11 is 9.88. The van der Waals surface area contributed by atoms with E-state index in [-0.39, 0.29) is 5.17 Å². The molecule has 0 fully saturated rings. The molecule has 0 aliphatic carbocycles. The van der Waals surface area contributed by atoms with Gasteiger partial charge in [0.2, 0.25) is 5.17 Å². The molecule has 46 valence electrons. The molecule has 0 aromatic heterocycles. The van der Waals surface area contributed by atoms with Crippen LogP contribution < -0.4 is 0 Å². The van der Waals surface area contributed by atoms with Gasteiger partial charge in [0.05, 0.1) is 0 Å². The third-order valence-electron chi connectivity index (χ3n) is 0.334. The van der Waals surface area contributed by atoms with Crippen LogP contribution in [0.2, 0.25) is 0 Å². The number of halogens is 2. The van der Waals surface area contributed by atoms with Crippen LogP contribution in [0, 0.1) is 0 Å². The summed E-state index contributed by atoms with van der Waals surface area (Å²) in [6.07, 6.45) is 0. The van der Waals surface area contributed by atoms with Gasteiger partial charge in [0, 0.05) is 0 Å². The molecule has 0 rings (SSSR count). The minimum absolute atomic E-state index is 0.367. The topological polar surface area (TPSA) is 38.7 Å². The van der Waals surface area contributed by atoms with E-state index >= 15 is 0 Å². The fourth-order valence-electron chi connectivity index (χ4n) is 0.116. The van der Waals surface area contributed by atoms with Crippen molar-refractivity contribution in [1.82, 2.24) is 0 Å². The smallest absolute Gasteiger partial charge is 0.285 e. The zero-order chi connectivity index (χ0) is 6.57. The van der Waals surface area contributed by atoms with Gasteiger partial charge in [-0.2, -0.15) is 0 Å². The molecule has 0 heterocycles. The number of rotatable bonds is 2. The van der Waals surface area contributed by atoms with Gasteiger partial charge < -0.3 is 4.84 Å². The maximum absolute atomic E-state index is 9.96. The van der Waals surface area contributed by atoms with Gasteiger partial charge in [-0.3, -0.25) is 4.79 Å². The highest BCUT2D eigenvalue weighted by atomic mass is 35.5. The van der Waals surface area contributed by atoms with Crippen molar-refractivity contribution >= 4 is 33.6 Å². The second-order valence-electron chi connectivity index (χ2n) is 0.838. The molecule has 5 heteroatoms. The maximum atomic E-state index is 9.96. The summed E-state index contributed by atoms with van der Waals surface area (Å²) < 4.78 is 0. The van der Waals surface area contributed by atoms with Gasteiger partial charge in [0.25, 0.3) is 5.24 Å². The van der Waals surface area contributed by atoms with Crippen molar-refractivity contribution < 1.29 is 9.63 Å². The monoisotopic (exact) mass is 155 g/mol. The van der Waals surface area contributed by atoms with Gasteiger partial charge in [-0.1, -0.05) is 16.8 Å². The van der Waals surface area contributed by atoms with Crippen molar-refractivity contribution in [3.05, 3.63) is 0 Å². The molecule has 8 heavy (non-hydrogen) atoms. The average molecular weight is 156 g/mol. The van der Waals surface area contributed by atoms with Crippen LogP contribution in [-0.4, -0.2) is 17.5 Å². The molecule has 0 unspecified atom stereocenters. The van der Waals surface area contributed by atoms with Crippen molar-refractivity contribution in [1.29, 1.82) is 0 Å². The maximum Gasteiger partial charge on any atom is 0.285 e. The first kappa shape index (κ1) is 7.72. The molecule has 0 atom stereocenters. The summed E-state index contributed by atoms with van der Waals surface area (Å²) in [6, 6.07) is 0. The van der Waals surface area contributed by atoms with E-state index in [0.29, 0.717) is 0 Å². The van der Waals surface area contributed by atoms with E-state index in [9.17, 15) is 4.79 Å². The fourth-order valence-corrected chi connectivity index (χ4v) is 0.220. The van der Waals surface area contributed by atoms with Gasteiger partial charge in [0.1, 0.15) is 7.11 Å². The second-order valence-corrected chi connectivity index (χ2v) is 1.54. The van der Waals surface area contributed by atoms with E-state index in [2.05, 4.69) is 9.99 Å². The number of nitrogens with zero attached hydrogens (tertiary/aromatic N) is 1. The summed E-state index contributed by atoms with van der Waals surface area (Å²) in [5.41, 5.74) is 0. The normalized spacial score (nSPS) is 11.1. The molecular weight excluding hydrogens is 153 g/mol. The first-order valence-corrected chi connectivity index (χ1v) is 2.40. The van der Waals surface area contributed by atoms with E-state index in [1.165, 1.54) is 7.11 Å². The van der Waals surface area contributed by atoms with Crippen LogP contribution in [0.3, 0.4) is 0 Å². The molecule has 0 aromatic carbocycles. The summed E-state index contributed by atoms with van der Waals surface area (Å²) in [5.74, 6) is 0. The second kappa shape index (κ2) is 3.69. The minimum atomic E-state index is -0.825. The summed E-state index contributed by atoms with van der Waals surface area (Å²) in [5, 5.41) is 1.83. The molecule has 0 aliphatic rings. The Labute approximate surface area is 56.2 Å². The Hall–Kier alpha value is -0.280. The summed E-state index contributed by atoms with van der Waals surface area (Å²) in [7, 11) is 1.27. The first-order valence-electron chi connectivity index (χ1n) is 1.65. The zero-order valence-electron chi connectivity index (χ0n) is 4.02. The molecule has 0 saturated heterocycles. The Kier molecular flexibility index (Phi) is 3.56. The average Bonchev–Trinajstić information content (AvgIpc) is 1.67. The van der Waals surface area contributed by atoms with Crippen LogP contribution in [-0.2, 0) is 9.63 Å². The lowest BCUT2D eigenvalue weighted by Gasteiger charge is -1.84. The van der Waals surface area contributed by atoms with Crippen molar-refractivity contribution in [2.45, 2.75) is 0 Å². The molecule has 0 radical (unpaired) electrons. The van der Waals surface area contributed by atoms with Gasteiger partial charge in [-0.15, -0.1) is 0 Å². The highest BCUT2D eigenvalue weighted by molar-refractivity contribution is 6.99. The first-order chi connectivity index (χ1) is 3.68. The number of oxime groups is 1. The Morgan fingerprint density at radius 1 is 1.62 bits per heavy atom. The molecule has 0 spiro atoms. The Morgan fingerprint density at radius 2 is 2.12 bits per heavy atom. The van der Waals surface area contributed by atoms with Crippen LogP contribution in [0.1, 0.15) is 0 Å². The van der Waals surface area contributed by atoms with E-state index in [1.54, 1.807) is 0 Å². The molecular formula is C3H3Cl2NO2. The van der Waals surface area contributed by atoms with E-state index in [4.69, 9.17) is 23.2 Å². The third kappa shape index (κ3) is 2.82. The van der Waals surface area contributed by atoms with Crippen LogP contribution in [0.25, 0.3) is 0 Å². The van der Waals surface area contributed by atoms with Crippen molar-refractivity contribution in [3.63, 3.8) is 0 Å². The van der Waals surface area contributed by atoms with Crippen LogP contribution in [0.5, 0.6) is 0 Å². The number of carbonyl (C=O) groups is 1. The lowest BCUT2D eigenvalue weighted by atomic mass is 10.8. The van der Waals surface area contributed by atoms with Gasteiger partial charge >= 0.3 is 0 Å². The quantitative estimate of drug-likeness (QED) is 0.339.